The predicted octanol–water partition coefficient (Wildman–Crippen LogP) is 3.45. The zero-order valence-electron chi connectivity index (χ0n) is 12.4. The van der Waals surface area contributed by atoms with Gasteiger partial charge in [-0.2, -0.15) is 0 Å². The molecule has 0 fully saturated rings. The van der Waals surface area contributed by atoms with Crippen molar-refractivity contribution in [2.75, 3.05) is 20.8 Å². The summed E-state index contributed by atoms with van der Waals surface area (Å²) in [6.45, 7) is 2.56. The third-order valence-corrected chi connectivity index (χ3v) is 3.41. The lowest BCUT2D eigenvalue weighted by Gasteiger charge is -2.20. The highest BCUT2D eigenvalue weighted by Gasteiger charge is 2.18. The molecule has 112 valence electrons. The van der Waals surface area contributed by atoms with Gasteiger partial charge in [-0.3, -0.25) is 4.98 Å². The molecule has 4 nitrogen and oxygen atoms in total. The molecule has 1 unspecified atom stereocenters. The number of benzene rings is 1. The molecule has 1 heterocycles. The quantitative estimate of drug-likeness (QED) is 0.887. The summed E-state index contributed by atoms with van der Waals surface area (Å²) in [5.41, 5.74) is 2.00. The van der Waals surface area contributed by atoms with E-state index in [2.05, 4.69) is 10.3 Å². The van der Waals surface area contributed by atoms with E-state index in [1.165, 1.54) is 0 Å². The molecule has 0 bridgehead atoms. The van der Waals surface area contributed by atoms with Crippen LogP contribution in [0.2, 0.25) is 5.02 Å². The number of methoxy groups -OCH3 is 1. The summed E-state index contributed by atoms with van der Waals surface area (Å²) >= 11 is 6.02. The van der Waals surface area contributed by atoms with Crippen molar-refractivity contribution in [2.24, 2.45) is 0 Å². The number of hydrogen-bond donors (Lipinski definition) is 1. The molecule has 5 heteroatoms. The molecule has 0 aliphatic rings. The molecule has 1 aromatic carbocycles. The molecule has 21 heavy (non-hydrogen) atoms. The van der Waals surface area contributed by atoms with Crippen LogP contribution in [0, 0.1) is 0 Å². The zero-order valence-corrected chi connectivity index (χ0v) is 13.1. The Morgan fingerprint density at radius 3 is 2.76 bits per heavy atom. The predicted molar refractivity (Wildman–Crippen MR) is 84.3 cm³/mol. The Bertz CT molecular complexity index is 605. The Morgan fingerprint density at radius 1 is 1.29 bits per heavy atom. The minimum Gasteiger partial charge on any atom is -0.496 e. The van der Waals surface area contributed by atoms with Gasteiger partial charge >= 0.3 is 0 Å². The lowest BCUT2D eigenvalue weighted by Crippen LogP contribution is -2.18. The van der Waals surface area contributed by atoms with Crippen LogP contribution in [0.15, 0.2) is 36.7 Å². The fourth-order valence-corrected chi connectivity index (χ4v) is 2.43. The summed E-state index contributed by atoms with van der Waals surface area (Å²) in [7, 11) is 3.53. The Hall–Kier alpha value is -1.78. The third kappa shape index (κ3) is 3.65. The summed E-state index contributed by atoms with van der Waals surface area (Å²) in [6.07, 6.45) is 3.52. The number of aromatic nitrogens is 1. The van der Waals surface area contributed by atoms with E-state index >= 15 is 0 Å². The molecule has 0 saturated heterocycles. The van der Waals surface area contributed by atoms with Gasteiger partial charge < -0.3 is 14.8 Å². The molecule has 1 N–H and O–H groups in total. The standard InChI is InChI=1S/C16H19ClN2O2/c1-4-21-13-7-11(9-19-10-13)16(18-2)14-6-5-12(17)8-15(14)20-3/h5-10,16,18H,4H2,1-3H3. The SMILES string of the molecule is CCOc1cncc(C(NC)c2ccc(Cl)cc2OC)c1. The lowest BCUT2D eigenvalue weighted by molar-refractivity contribution is 0.338. The first kappa shape index (κ1) is 15.6. The van der Waals surface area contributed by atoms with Crippen LogP contribution in [-0.4, -0.2) is 25.7 Å². The number of halogens is 1. The number of hydrogen-bond acceptors (Lipinski definition) is 4. The molecule has 0 radical (unpaired) electrons. The monoisotopic (exact) mass is 306 g/mol. The van der Waals surface area contributed by atoms with Gasteiger partial charge in [0.2, 0.25) is 0 Å². The summed E-state index contributed by atoms with van der Waals surface area (Å²) in [5.74, 6) is 1.49. The van der Waals surface area contributed by atoms with Crippen LogP contribution in [0.1, 0.15) is 24.1 Å². The number of nitrogens with zero attached hydrogens (tertiary/aromatic N) is 1. The smallest absolute Gasteiger partial charge is 0.137 e. The van der Waals surface area contributed by atoms with Crippen LogP contribution in [-0.2, 0) is 0 Å². The van der Waals surface area contributed by atoms with Gasteiger partial charge in [0.25, 0.3) is 0 Å². The van der Waals surface area contributed by atoms with Crippen molar-refractivity contribution in [2.45, 2.75) is 13.0 Å². The summed E-state index contributed by atoms with van der Waals surface area (Å²) in [5, 5.41) is 3.92. The van der Waals surface area contributed by atoms with Gasteiger partial charge in [-0.25, -0.2) is 0 Å². The highest BCUT2D eigenvalue weighted by Crippen LogP contribution is 2.32. The maximum absolute atomic E-state index is 6.02. The highest BCUT2D eigenvalue weighted by molar-refractivity contribution is 6.30. The Kier molecular flexibility index (Phi) is 5.42. The second kappa shape index (κ2) is 7.29. The molecule has 0 spiro atoms. The van der Waals surface area contributed by atoms with Gasteiger partial charge in [0.05, 0.1) is 26.0 Å². The van der Waals surface area contributed by atoms with E-state index in [1.54, 1.807) is 19.4 Å². The molecule has 0 amide bonds. The number of ether oxygens (including phenoxy) is 2. The summed E-state index contributed by atoms with van der Waals surface area (Å²) < 4.78 is 10.9. The van der Waals surface area contributed by atoms with Crippen LogP contribution in [0.3, 0.4) is 0 Å². The van der Waals surface area contributed by atoms with Crippen LogP contribution in [0.25, 0.3) is 0 Å². The second-order valence-corrected chi connectivity index (χ2v) is 4.93. The molecule has 0 saturated carbocycles. The van der Waals surface area contributed by atoms with Crippen molar-refractivity contribution in [3.63, 3.8) is 0 Å². The minimum absolute atomic E-state index is 0.0508. The van der Waals surface area contributed by atoms with Crippen LogP contribution in [0.4, 0.5) is 0 Å². The van der Waals surface area contributed by atoms with Gasteiger partial charge in [0.1, 0.15) is 11.5 Å². The second-order valence-electron chi connectivity index (χ2n) is 4.49. The average Bonchev–Trinajstić information content (AvgIpc) is 2.50. The molecular weight excluding hydrogens is 288 g/mol. The van der Waals surface area contributed by atoms with E-state index in [0.29, 0.717) is 11.6 Å². The summed E-state index contributed by atoms with van der Waals surface area (Å²) in [4.78, 5) is 4.24. The number of rotatable bonds is 6. The van der Waals surface area contributed by atoms with Crippen molar-refractivity contribution in [3.05, 3.63) is 52.8 Å². The van der Waals surface area contributed by atoms with E-state index in [4.69, 9.17) is 21.1 Å². The molecular formula is C16H19ClN2O2. The maximum atomic E-state index is 6.02. The zero-order chi connectivity index (χ0) is 15.2. The fraction of sp³-hybridized carbons (Fsp3) is 0.312. The minimum atomic E-state index is -0.0508. The van der Waals surface area contributed by atoms with Gasteiger partial charge in [-0.1, -0.05) is 17.7 Å². The third-order valence-electron chi connectivity index (χ3n) is 3.17. The normalized spacial score (nSPS) is 12.0. The van der Waals surface area contributed by atoms with Crippen molar-refractivity contribution < 1.29 is 9.47 Å². The Labute approximate surface area is 130 Å². The first-order valence-electron chi connectivity index (χ1n) is 6.78. The Balaban J connectivity index is 2.42. The number of nitrogens with one attached hydrogen (secondary N) is 1. The molecule has 1 aromatic heterocycles. The number of pyridine rings is 1. The molecule has 2 aromatic rings. The largest absolute Gasteiger partial charge is 0.496 e. The van der Waals surface area contributed by atoms with Crippen LogP contribution in [0.5, 0.6) is 11.5 Å². The van der Waals surface area contributed by atoms with Gasteiger partial charge in [-0.05, 0) is 37.7 Å². The van der Waals surface area contributed by atoms with E-state index in [9.17, 15) is 0 Å². The molecule has 0 aliphatic carbocycles. The van der Waals surface area contributed by atoms with Crippen molar-refractivity contribution >= 4 is 11.6 Å². The fourth-order valence-electron chi connectivity index (χ4n) is 2.26. The lowest BCUT2D eigenvalue weighted by atomic mass is 9.99. The van der Waals surface area contributed by atoms with E-state index in [1.807, 2.05) is 38.4 Å². The van der Waals surface area contributed by atoms with E-state index in [0.717, 1.165) is 22.6 Å². The first-order valence-corrected chi connectivity index (χ1v) is 7.15. The van der Waals surface area contributed by atoms with E-state index in [-0.39, 0.29) is 6.04 Å². The van der Waals surface area contributed by atoms with Crippen molar-refractivity contribution in [1.82, 2.24) is 10.3 Å². The van der Waals surface area contributed by atoms with Crippen molar-refractivity contribution in [3.8, 4) is 11.5 Å². The molecule has 2 rings (SSSR count). The summed E-state index contributed by atoms with van der Waals surface area (Å²) in [6, 6.07) is 7.54. The molecule has 1 atom stereocenters. The maximum Gasteiger partial charge on any atom is 0.137 e. The Morgan fingerprint density at radius 2 is 2.10 bits per heavy atom. The van der Waals surface area contributed by atoms with E-state index < -0.39 is 0 Å². The topological polar surface area (TPSA) is 43.4 Å². The van der Waals surface area contributed by atoms with Crippen molar-refractivity contribution in [1.29, 1.82) is 0 Å². The molecule has 0 aliphatic heterocycles. The van der Waals surface area contributed by atoms with Crippen LogP contribution < -0.4 is 14.8 Å². The highest BCUT2D eigenvalue weighted by atomic mass is 35.5. The average molecular weight is 307 g/mol. The van der Waals surface area contributed by atoms with Crippen LogP contribution >= 0.6 is 11.6 Å². The van der Waals surface area contributed by atoms with Gasteiger partial charge in [0.15, 0.2) is 0 Å². The van der Waals surface area contributed by atoms with Gasteiger partial charge in [0, 0.05) is 16.8 Å². The first-order chi connectivity index (χ1) is 10.2. The van der Waals surface area contributed by atoms with Gasteiger partial charge in [-0.15, -0.1) is 0 Å².